The van der Waals surface area contributed by atoms with E-state index in [-0.39, 0.29) is 64.8 Å². The number of pyridine rings is 1. The van der Waals surface area contributed by atoms with Crippen LogP contribution in [-0.2, 0) is 21.7 Å². The molecule has 1 N–H and O–H groups in total. The zero-order chi connectivity index (χ0) is 5.11. The minimum atomic E-state index is 0. The Morgan fingerprint density at radius 2 is 1.64 bits per heavy atom. The predicted octanol–water partition coefficient (Wildman–Crippen LogP) is -8.20. The number of aromatic hydroxyl groups is 1. The zero-order valence-corrected chi connectivity index (χ0v) is 9.17. The Kier molecular flexibility index (Phi) is 27.0. The fourth-order valence-corrected chi connectivity index (χ4v) is 0.354. The normalized spacial score (nSPS) is 5.45. The van der Waals surface area contributed by atoms with E-state index in [1.807, 2.05) is 0 Å². The molecule has 61 valence electrons. The Morgan fingerprint density at radius 1 is 1.09 bits per heavy atom. The van der Waals surface area contributed by atoms with Crippen molar-refractivity contribution in [2.75, 3.05) is 0 Å². The maximum atomic E-state index is 8.52. The molecule has 1 heterocycles. The molecule has 1 aromatic heterocycles. The van der Waals surface area contributed by atoms with Crippen LogP contribution < -0.4 is 37.2 Å². The van der Waals surface area contributed by atoms with Crippen molar-refractivity contribution in [3.63, 3.8) is 0 Å². The molecule has 6 heteroatoms. The monoisotopic (exact) mass is 248 g/mol. The van der Waals surface area contributed by atoms with Crippen LogP contribution >= 0.6 is 0 Å². The molecule has 0 aliphatic heterocycles. The second kappa shape index (κ2) is 13.1. The fraction of sp³-hybridized carbons (Fsp3) is 0. The van der Waals surface area contributed by atoms with Gasteiger partial charge in [-0.15, -0.1) is 0 Å². The van der Waals surface area contributed by atoms with E-state index in [0.717, 1.165) is 0 Å². The van der Waals surface area contributed by atoms with E-state index in [4.69, 9.17) is 5.11 Å². The molecule has 0 atom stereocenters. The Morgan fingerprint density at radius 3 is 1.82 bits per heavy atom. The number of rotatable bonds is 0. The van der Waals surface area contributed by atoms with Crippen LogP contribution in [0.3, 0.4) is 0 Å². The average Bonchev–Trinajstić information content (AvgIpc) is 1.69. The van der Waals surface area contributed by atoms with Crippen LogP contribution in [0.15, 0.2) is 24.4 Å². The van der Waals surface area contributed by atoms with Crippen LogP contribution in [-0.4, -0.2) is 10.1 Å². The molecule has 0 saturated heterocycles. The number of hydrogen-bond donors (Lipinski definition) is 1. The summed E-state index contributed by atoms with van der Waals surface area (Å²) >= 11 is 0. The maximum Gasteiger partial charge on any atom is 3.00 e. The third-order valence-corrected chi connectivity index (χ3v) is 0.649. The van der Waals surface area contributed by atoms with Gasteiger partial charge in [0.25, 0.3) is 0 Å². The number of hydrogen-bond acceptors (Lipinski definition) is 2. The third kappa shape index (κ3) is 10.5. The molecule has 0 fully saturated rings. The summed E-state index contributed by atoms with van der Waals surface area (Å²) in [4.78, 5) is 3.53. The van der Waals surface area contributed by atoms with Crippen molar-refractivity contribution in [1.29, 1.82) is 0 Å². The van der Waals surface area contributed by atoms with E-state index < -0.39 is 0 Å². The standard InChI is InChI=1S/C5H5NO.3ClH.Ti/c7-5-3-1-2-4-6-5;;;;/h1-4H,(H,6,7);3*1H;/q;;;;+3/p-3. The molecule has 1 radical (unpaired) electrons. The average molecular weight is 249 g/mol. The van der Waals surface area contributed by atoms with Crippen LogP contribution in [0.25, 0.3) is 0 Å². The second-order valence-corrected chi connectivity index (χ2v) is 1.19. The van der Waals surface area contributed by atoms with Crippen LogP contribution in [0, 0.1) is 0 Å². The van der Waals surface area contributed by atoms with Crippen molar-refractivity contribution >= 4 is 0 Å². The Bertz CT molecular complexity index is 152. The van der Waals surface area contributed by atoms with Crippen LogP contribution in [0.4, 0.5) is 0 Å². The van der Waals surface area contributed by atoms with Crippen molar-refractivity contribution in [3.8, 4) is 5.88 Å². The first-order chi connectivity index (χ1) is 3.39. The van der Waals surface area contributed by atoms with Crippen molar-refractivity contribution in [2.24, 2.45) is 0 Å². The molecule has 0 bridgehead atoms. The molecule has 1 aromatic rings. The zero-order valence-electron chi connectivity index (χ0n) is 5.34. The summed E-state index contributed by atoms with van der Waals surface area (Å²) in [5.74, 6) is 0.0718. The van der Waals surface area contributed by atoms with Crippen LogP contribution in [0.5, 0.6) is 5.88 Å². The van der Waals surface area contributed by atoms with Gasteiger partial charge in [0, 0.05) is 12.3 Å². The van der Waals surface area contributed by atoms with Gasteiger partial charge in [-0.25, -0.2) is 4.98 Å². The molecule has 0 spiro atoms. The molecular weight excluding hydrogens is 244 g/mol. The van der Waals surface area contributed by atoms with Gasteiger partial charge >= 0.3 is 21.7 Å². The van der Waals surface area contributed by atoms with Crippen molar-refractivity contribution in [3.05, 3.63) is 24.4 Å². The van der Waals surface area contributed by atoms with Gasteiger partial charge in [-0.05, 0) is 6.07 Å². The summed E-state index contributed by atoms with van der Waals surface area (Å²) in [5, 5.41) is 8.52. The maximum absolute atomic E-state index is 8.52. The molecule has 0 unspecified atom stereocenters. The number of aromatic nitrogens is 1. The van der Waals surface area contributed by atoms with E-state index in [1.54, 1.807) is 12.1 Å². The van der Waals surface area contributed by atoms with E-state index in [1.165, 1.54) is 12.3 Å². The predicted molar refractivity (Wildman–Crippen MR) is 25.9 cm³/mol. The first-order valence-electron chi connectivity index (χ1n) is 1.99. The third-order valence-electron chi connectivity index (χ3n) is 0.649. The summed E-state index contributed by atoms with van der Waals surface area (Å²) in [6, 6.07) is 5.00. The van der Waals surface area contributed by atoms with E-state index in [9.17, 15) is 0 Å². The van der Waals surface area contributed by atoms with Gasteiger partial charge in [-0.1, -0.05) is 6.07 Å². The summed E-state index contributed by atoms with van der Waals surface area (Å²) in [5.41, 5.74) is 0. The topological polar surface area (TPSA) is 33.1 Å². The van der Waals surface area contributed by atoms with Gasteiger partial charge in [0.05, 0.1) is 0 Å². The van der Waals surface area contributed by atoms with Crippen LogP contribution in [0.2, 0.25) is 0 Å². The molecular formula is C5H5Cl3NOTi. The fourth-order valence-electron chi connectivity index (χ4n) is 0.354. The SMILES string of the molecule is Oc1ccccn1.[Cl-].[Cl-].[Cl-].[Ti+3]. The molecule has 0 aromatic carbocycles. The number of halogens is 3. The van der Waals surface area contributed by atoms with E-state index in [0.29, 0.717) is 0 Å². The van der Waals surface area contributed by atoms with E-state index in [2.05, 4.69) is 4.98 Å². The Balaban J connectivity index is -0.0000000612. The van der Waals surface area contributed by atoms with Crippen molar-refractivity contribution in [2.45, 2.75) is 0 Å². The molecule has 1 rings (SSSR count). The van der Waals surface area contributed by atoms with Crippen molar-refractivity contribution < 1.29 is 64.0 Å². The molecule has 0 amide bonds. The molecule has 0 saturated carbocycles. The molecule has 11 heavy (non-hydrogen) atoms. The van der Waals surface area contributed by atoms with Crippen LogP contribution in [0.1, 0.15) is 0 Å². The molecule has 0 aliphatic rings. The largest absolute Gasteiger partial charge is 3.00 e. The van der Waals surface area contributed by atoms with Gasteiger partial charge in [-0.3, -0.25) is 0 Å². The van der Waals surface area contributed by atoms with Gasteiger partial charge in [0.15, 0.2) is 0 Å². The second-order valence-electron chi connectivity index (χ2n) is 1.19. The molecule has 2 nitrogen and oxygen atoms in total. The number of nitrogens with zero attached hydrogens (tertiary/aromatic N) is 1. The Labute approximate surface area is 98.9 Å². The van der Waals surface area contributed by atoms with Gasteiger partial charge in [0.1, 0.15) is 0 Å². The summed E-state index contributed by atoms with van der Waals surface area (Å²) < 4.78 is 0. The quantitative estimate of drug-likeness (QED) is 0.463. The molecule has 0 aliphatic carbocycles. The Hall–Kier alpha value is 0.534. The van der Waals surface area contributed by atoms with Gasteiger partial charge in [0.2, 0.25) is 5.88 Å². The minimum Gasteiger partial charge on any atom is -1.00 e. The van der Waals surface area contributed by atoms with E-state index >= 15 is 0 Å². The van der Waals surface area contributed by atoms with Crippen molar-refractivity contribution in [1.82, 2.24) is 4.98 Å². The first kappa shape index (κ1) is 22.5. The van der Waals surface area contributed by atoms with Gasteiger partial charge in [-0.2, -0.15) is 0 Å². The summed E-state index contributed by atoms with van der Waals surface area (Å²) in [7, 11) is 0. The van der Waals surface area contributed by atoms with Gasteiger partial charge < -0.3 is 42.3 Å². The first-order valence-corrected chi connectivity index (χ1v) is 1.99. The summed E-state index contributed by atoms with van der Waals surface area (Å²) in [6.45, 7) is 0. The summed E-state index contributed by atoms with van der Waals surface area (Å²) in [6.07, 6.45) is 1.54. The smallest absolute Gasteiger partial charge is 1.00 e. The minimum absolute atomic E-state index is 0.